The van der Waals surface area contributed by atoms with E-state index in [1.807, 2.05) is 25.7 Å². The monoisotopic (exact) mass is 293 g/mol. The van der Waals surface area contributed by atoms with Gasteiger partial charge in [0.15, 0.2) is 0 Å². The van der Waals surface area contributed by atoms with Gasteiger partial charge in [0, 0.05) is 24.1 Å². The Bertz CT molecular complexity index is 482. The number of carbonyl (C=O) groups excluding carboxylic acids is 1. The van der Waals surface area contributed by atoms with Gasteiger partial charge in [0.05, 0.1) is 13.7 Å². The van der Waals surface area contributed by atoms with Crippen LogP contribution in [0.1, 0.15) is 33.6 Å². The van der Waals surface area contributed by atoms with Crippen LogP contribution in [0, 0.1) is 5.41 Å². The Morgan fingerprint density at radius 1 is 1.29 bits per heavy atom. The Morgan fingerprint density at radius 2 is 1.95 bits per heavy atom. The molecule has 1 aliphatic rings. The number of ether oxygens (including phenoxy) is 2. The molecule has 2 rings (SSSR count). The molecule has 0 saturated carbocycles. The minimum Gasteiger partial charge on any atom is -0.480 e. The molecule has 1 saturated heterocycles. The lowest BCUT2D eigenvalue weighted by Gasteiger charge is -2.36. The summed E-state index contributed by atoms with van der Waals surface area (Å²) in [5, 5.41) is 7.84. The van der Waals surface area contributed by atoms with E-state index in [2.05, 4.69) is 10.2 Å². The summed E-state index contributed by atoms with van der Waals surface area (Å²) < 4.78 is 10.8. The second-order valence-corrected chi connectivity index (χ2v) is 6.30. The number of hydrogen-bond donors (Lipinski definition) is 0. The van der Waals surface area contributed by atoms with Gasteiger partial charge in [-0.3, -0.25) is 4.79 Å². The van der Waals surface area contributed by atoms with E-state index in [-0.39, 0.29) is 17.4 Å². The van der Waals surface area contributed by atoms with E-state index in [1.54, 1.807) is 19.2 Å². The first-order valence-electron chi connectivity index (χ1n) is 7.24. The minimum atomic E-state index is -0.359. The van der Waals surface area contributed by atoms with E-state index >= 15 is 0 Å². The van der Waals surface area contributed by atoms with Crippen LogP contribution in [0.15, 0.2) is 12.1 Å². The van der Waals surface area contributed by atoms with Crippen LogP contribution < -0.4 is 9.47 Å². The molecule has 1 fully saturated rings. The quantitative estimate of drug-likeness (QED) is 0.851. The summed E-state index contributed by atoms with van der Waals surface area (Å²) in [6, 6.07) is 3.44. The highest BCUT2D eigenvalue weighted by molar-refractivity contribution is 5.81. The fourth-order valence-corrected chi connectivity index (χ4v) is 2.34. The summed E-state index contributed by atoms with van der Waals surface area (Å²) in [4.78, 5) is 14.2. The van der Waals surface area contributed by atoms with E-state index < -0.39 is 0 Å². The Kier molecular flexibility index (Phi) is 4.65. The predicted molar refractivity (Wildman–Crippen MR) is 78.3 cm³/mol. The maximum Gasteiger partial charge on any atom is 0.233 e. The molecular formula is C15H23N3O3. The summed E-state index contributed by atoms with van der Waals surface area (Å²) in [6.45, 7) is 7.21. The molecular weight excluding hydrogens is 270 g/mol. The fraction of sp³-hybridized carbons (Fsp3) is 0.667. The molecule has 2 heterocycles. The molecule has 1 aromatic heterocycles. The molecule has 21 heavy (non-hydrogen) atoms. The van der Waals surface area contributed by atoms with Crippen molar-refractivity contribution in [2.24, 2.45) is 5.41 Å². The highest BCUT2D eigenvalue weighted by Crippen LogP contribution is 2.23. The molecule has 1 amide bonds. The Morgan fingerprint density at radius 3 is 2.52 bits per heavy atom. The third-order valence-electron chi connectivity index (χ3n) is 3.42. The van der Waals surface area contributed by atoms with Crippen molar-refractivity contribution in [1.82, 2.24) is 15.1 Å². The Balaban J connectivity index is 1.96. The number of hydrogen-bond acceptors (Lipinski definition) is 5. The molecule has 116 valence electrons. The van der Waals surface area contributed by atoms with Gasteiger partial charge in [-0.25, -0.2) is 0 Å². The van der Waals surface area contributed by atoms with Crippen LogP contribution in [-0.2, 0) is 4.79 Å². The molecule has 6 nitrogen and oxygen atoms in total. The minimum absolute atomic E-state index is 0.0345. The van der Waals surface area contributed by atoms with Crippen molar-refractivity contribution in [3.63, 3.8) is 0 Å². The third-order valence-corrected chi connectivity index (χ3v) is 3.42. The number of aromatic nitrogens is 2. The van der Waals surface area contributed by atoms with Gasteiger partial charge >= 0.3 is 0 Å². The van der Waals surface area contributed by atoms with Gasteiger partial charge in [-0.1, -0.05) is 20.8 Å². The molecule has 0 spiro atoms. The normalized spacial score (nSPS) is 19.2. The third kappa shape index (κ3) is 4.06. The molecule has 1 aliphatic heterocycles. The average Bonchev–Trinajstić information content (AvgIpc) is 2.46. The summed E-state index contributed by atoms with van der Waals surface area (Å²) in [5.74, 6) is 1.08. The predicted octanol–water partition coefficient (Wildman–Crippen LogP) is 1.90. The number of piperidine rings is 1. The van der Waals surface area contributed by atoms with Gasteiger partial charge in [0.1, 0.15) is 6.10 Å². The van der Waals surface area contributed by atoms with E-state index in [0.717, 1.165) is 19.4 Å². The van der Waals surface area contributed by atoms with E-state index in [9.17, 15) is 4.79 Å². The number of amides is 1. The van der Waals surface area contributed by atoms with Crippen LogP contribution in [0.4, 0.5) is 0 Å². The van der Waals surface area contributed by atoms with Crippen molar-refractivity contribution in [2.45, 2.75) is 39.7 Å². The maximum atomic E-state index is 12.3. The number of likely N-dealkylation sites (tertiary alicyclic amines) is 1. The first-order chi connectivity index (χ1) is 9.90. The summed E-state index contributed by atoms with van der Waals surface area (Å²) in [5.41, 5.74) is -0.359. The first kappa shape index (κ1) is 15.5. The van der Waals surface area contributed by atoms with Gasteiger partial charge in [0.25, 0.3) is 0 Å². The van der Waals surface area contributed by atoms with Gasteiger partial charge in [-0.15, -0.1) is 10.2 Å². The number of carbonyl (C=O) groups is 1. The van der Waals surface area contributed by atoms with Crippen molar-refractivity contribution in [1.29, 1.82) is 0 Å². The lowest BCUT2D eigenvalue weighted by Crippen LogP contribution is -2.48. The second kappa shape index (κ2) is 6.28. The van der Waals surface area contributed by atoms with Gasteiger partial charge in [-0.2, -0.15) is 0 Å². The maximum absolute atomic E-state index is 12.3. The van der Waals surface area contributed by atoms with Crippen LogP contribution in [-0.4, -0.2) is 47.3 Å². The second-order valence-electron chi connectivity index (χ2n) is 6.30. The zero-order valence-corrected chi connectivity index (χ0v) is 13.1. The molecule has 1 atom stereocenters. The van der Waals surface area contributed by atoms with Crippen LogP contribution in [0.2, 0.25) is 0 Å². The molecule has 0 aromatic carbocycles. The zero-order valence-electron chi connectivity index (χ0n) is 13.1. The summed E-state index contributed by atoms with van der Waals surface area (Å²) in [7, 11) is 1.54. The summed E-state index contributed by atoms with van der Waals surface area (Å²) >= 11 is 0. The number of methoxy groups -OCH3 is 1. The van der Waals surface area contributed by atoms with Crippen molar-refractivity contribution in [3.8, 4) is 11.8 Å². The molecule has 1 aromatic rings. The number of rotatable bonds is 3. The summed E-state index contributed by atoms with van der Waals surface area (Å²) in [6.07, 6.45) is 1.82. The molecule has 0 N–H and O–H groups in total. The average molecular weight is 293 g/mol. The van der Waals surface area contributed by atoms with Crippen LogP contribution in [0.5, 0.6) is 11.8 Å². The van der Waals surface area contributed by atoms with Crippen molar-refractivity contribution in [2.75, 3.05) is 20.2 Å². The van der Waals surface area contributed by atoms with Crippen molar-refractivity contribution >= 4 is 5.91 Å². The first-order valence-corrected chi connectivity index (χ1v) is 7.24. The molecule has 0 radical (unpaired) electrons. The number of nitrogens with zero attached hydrogens (tertiary/aromatic N) is 3. The molecule has 0 aliphatic carbocycles. The lowest BCUT2D eigenvalue weighted by atomic mass is 9.93. The topological polar surface area (TPSA) is 64.6 Å². The zero-order chi connectivity index (χ0) is 15.5. The smallest absolute Gasteiger partial charge is 0.233 e. The highest BCUT2D eigenvalue weighted by Gasteiger charge is 2.31. The van der Waals surface area contributed by atoms with E-state index in [1.165, 1.54) is 0 Å². The largest absolute Gasteiger partial charge is 0.480 e. The SMILES string of the molecule is COc1ccc(OC2CCCN(C(=O)C(C)(C)C)C2)nn1. The van der Waals surface area contributed by atoms with E-state index in [4.69, 9.17) is 9.47 Å². The fourth-order valence-electron chi connectivity index (χ4n) is 2.34. The Labute approximate surface area is 125 Å². The van der Waals surface area contributed by atoms with Gasteiger partial charge < -0.3 is 14.4 Å². The standard InChI is InChI=1S/C15H23N3O3/c1-15(2,3)14(19)18-9-5-6-11(10-18)21-13-8-7-12(20-4)16-17-13/h7-8,11H,5-6,9-10H2,1-4H3. The van der Waals surface area contributed by atoms with Crippen molar-refractivity contribution in [3.05, 3.63) is 12.1 Å². The van der Waals surface area contributed by atoms with Crippen LogP contribution in [0.3, 0.4) is 0 Å². The molecule has 6 heteroatoms. The van der Waals surface area contributed by atoms with Crippen molar-refractivity contribution < 1.29 is 14.3 Å². The lowest BCUT2D eigenvalue weighted by molar-refractivity contribution is -0.142. The molecule has 0 bridgehead atoms. The Hall–Kier alpha value is -1.85. The van der Waals surface area contributed by atoms with E-state index in [0.29, 0.717) is 18.3 Å². The van der Waals surface area contributed by atoms with Gasteiger partial charge in [0.2, 0.25) is 17.7 Å². The highest BCUT2D eigenvalue weighted by atomic mass is 16.5. The molecule has 1 unspecified atom stereocenters. The van der Waals surface area contributed by atoms with Gasteiger partial charge in [-0.05, 0) is 12.8 Å². The van der Waals surface area contributed by atoms with Crippen LogP contribution >= 0.6 is 0 Å². The van der Waals surface area contributed by atoms with Crippen LogP contribution in [0.25, 0.3) is 0 Å².